The minimum absolute atomic E-state index is 0.0125. The van der Waals surface area contributed by atoms with Crippen LogP contribution in [0.5, 0.6) is 0 Å². The largest absolute Gasteiger partial charge is 0.341 e. The van der Waals surface area contributed by atoms with Gasteiger partial charge in [0.15, 0.2) is 0 Å². The molecule has 1 aromatic rings. The molecule has 1 rings (SSSR count). The van der Waals surface area contributed by atoms with Gasteiger partial charge in [-0.1, -0.05) is 28.1 Å². The first-order chi connectivity index (χ1) is 8.93. The van der Waals surface area contributed by atoms with E-state index in [2.05, 4.69) is 31.9 Å². The van der Waals surface area contributed by atoms with Gasteiger partial charge in [0, 0.05) is 17.6 Å². The van der Waals surface area contributed by atoms with Gasteiger partial charge in [0.05, 0.1) is 6.04 Å². The molecule has 5 nitrogen and oxygen atoms in total. The number of rotatable bonds is 4. The highest BCUT2D eigenvalue weighted by atomic mass is 79.9. The molecule has 6 heteroatoms. The molecule has 0 bridgehead atoms. The van der Waals surface area contributed by atoms with Crippen LogP contribution in [0.2, 0.25) is 0 Å². The van der Waals surface area contributed by atoms with Gasteiger partial charge in [0.25, 0.3) is 0 Å². The zero-order valence-corrected chi connectivity index (χ0v) is 12.7. The van der Waals surface area contributed by atoms with Crippen molar-refractivity contribution in [2.45, 2.75) is 25.9 Å². The average Bonchev–Trinajstić information content (AvgIpc) is 2.38. The van der Waals surface area contributed by atoms with E-state index in [0.717, 1.165) is 10.0 Å². The van der Waals surface area contributed by atoms with Crippen molar-refractivity contribution in [1.82, 2.24) is 16.0 Å². The third-order valence-corrected chi connectivity index (χ3v) is 3.26. The van der Waals surface area contributed by atoms with Crippen molar-refractivity contribution >= 4 is 27.9 Å². The molecule has 19 heavy (non-hydrogen) atoms. The maximum atomic E-state index is 11.7. The Bertz CT molecular complexity index is 448. The maximum absolute atomic E-state index is 11.7. The van der Waals surface area contributed by atoms with Crippen molar-refractivity contribution in [3.05, 3.63) is 34.3 Å². The lowest BCUT2D eigenvalue weighted by Crippen LogP contribution is -2.47. The molecular formula is C13H18BrN3O2. The van der Waals surface area contributed by atoms with Gasteiger partial charge in [-0.15, -0.1) is 0 Å². The van der Waals surface area contributed by atoms with Crippen LogP contribution in [0.25, 0.3) is 0 Å². The van der Waals surface area contributed by atoms with Crippen molar-refractivity contribution in [2.24, 2.45) is 0 Å². The zero-order chi connectivity index (χ0) is 14.4. The van der Waals surface area contributed by atoms with Gasteiger partial charge in [-0.2, -0.15) is 0 Å². The Morgan fingerprint density at radius 1 is 1.16 bits per heavy atom. The normalized spacial score (nSPS) is 13.5. The molecule has 104 valence electrons. The third-order valence-electron chi connectivity index (χ3n) is 2.73. The minimum atomic E-state index is -0.505. The first-order valence-corrected chi connectivity index (χ1v) is 6.77. The van der Waals surface area contributed by atoms with Gasteiger partial charge < -0.3 is 5.32 Å². The first kappa shape index (κ1) is 15.7. The second-order valence-electron chi connectivity index (χ2n) is 4.23. The third kappa shape index (κ3) is 5.00. The summed E-state index contributed by atoms with van der Waals surface area (Å²) in [6.07, 6.45) is 0. The summed E-state index contributed by atoms with van der Waals surface area (Å²) in [4.78, 5) is 22.7. The highest BCUT2D eigenvalue weighted by molar-refractivity contribution is 9.10. The van der Waals surface area contributed by atoms with E-state index in [-0.39, 0.29) is 11.9 Å². The van der Waals surface area contributed by atoms with Crippen molar-refractivity contribution in [1.29, 1.82) is 0 Å². The Morgan fingerprint density at radius 2 is 1.74 bits per heavy atom. The first-order valence-electron chi connectivity index (χ1n) is 5.98. The fraction of sp³-hybridized carbons (Fsp3) is 0.385. The van der Waals surface area contributed by atoms with Crippen LogP contribution >= 0.6 is 15.9 Å². The molecule has 0 spiro atoms. The summed E-state index contributed by atoms with van der Waals surface area (Å²) in [5.74, 6) is -0.358. The molecule has 2 atom stereocenters. The maximum Gasteiger partial charge on any atom is 0.321 e. The van der Waals surface area contributed by atoms with Gasteiger partial charge in [-0.25, -0.2) is 4.79 Å². The fourth-order valence-corrected chi connectivity index (χ4v) is 1.85. The predicted octanol–water partition coefficient (Wildman–Crippen LogP) is 1.94. The lowest BCUT2D eigenvalue weighted by atomic mass is 10.1. The minimum Gasteiger partial charge on any atom is -0.341 e. The number of halogens is 1. The summed E-state index contributed by atoms with van der Waals surface area (Å²) in [6, 6.07) is 6.89. The summed E-state index contributed by atoms with van der Waals surface area (Å²) in [5.41, 5.74) is 1.07. The summed E-state index contributed by atoms with van der Waals surface area (Å²) >= 11 is 3.37. The van der Waals surface area contributed by atoms with Crippen LogP contribution < -0.4 is 16.0 Å². The van der Waals surface area contributed by atoms with Crippen LogP contribution in [0, 0.1) is 0 Å². The molecule has 0 aliphatic heterocycles. The molecule has 1 aromatic carbocycles. The number of hydrogen-bond acceptors (Lipinski definition) is 3. The van der Waals surface area contributed by atoms with E-state index >= 15 is 0 Å². The molecule has 0 aromatic heterocycles. The number of benzene rings is 1. The smallest absolute Gasteiger partial charge is 0.321 e. The average molecular weight is 328 g/mol. The molecule has 0 aliphatic rings. The van der Waals surface area contributed by atoms with Crippen LogP contribution in [-0.2, 0) is 4.79 Å². The molecule has 3 amide bonds. The van der Waals surface area contributed by atoms with Crippen molar-refractivity contribution in [3.63, 3.8) is 0 Å². The quantitative estimate of drug-likeness (QED) is 0.791. The monoisotopic (exact) mass is 327 g/mol. The van der Waals surface area contributed by atoms with E-state index in [0.29, 0.717) is 0 Å². The number of nitrogens with one attached hydrogen (secondary N) is 3. The lowest BCUT2D eigenvalue weighted by molar-refractivity contribution is -0.121. The Labute approximate surface area is 121 Å². The highest BCUT2D eigenvalue weighted by Crippen LogP contribution is 2.16. The van der Waals surface area contributed by atoms with Gasteiger partial charge in [-0.3, -0.25) is 15.4 Å². The Hall–Kier alpha value is -1.40. The highest BCUT2D eigenvalue weighted by Gasteiger charge is 2.17. The number of carbonyl (C=O) groups is 2. The number of imide groups is 1. The van der Waals surface area contributed by atoms with Crippen molar-refractivity contribution < 1.29 is 9.59 Å². The summed E-state index contributed by atoms with van der Waals surface area (Å²) in [6.45, 7) is 3.68. The van der Waals surface area contributed by atoms with Gasteiger partial charge in [0.2, 0.25) is 5.91 Å². The molecule has 1 unspecified atom stereocenters. The zero-order valence-electron chi connectivity index (χ0n) is 11.2. The van der Waals surface area contributed by atoms with Crippen LogP contribution in [-0.4, -0.2) is 25.0 Å². The fourth-order valence-electron chi connectivity index (χ4n) is 1.58. The van der Waals surface area contributed by atoms with E-state index in [9.17, 15) is 9.59 Å². The Balaban J connectivity index is 2.56. The SMILES string of the molecule is CNC(=O)NC(=O)C(C)N[C@@H](C)c1ccc(Br)cc1. The number of hydrogen-bond donors (Lipinski definition) is 3. The van der Waals surface area contributed by atoms with Crippen molar-refractivity contribution in [3.8, 4) is 0 Å². The standard InChI is InChI=1S/C13H18BrN3O2/c1-8(10-4-6-11(14)7-5-10)16-9(2)12(18)17-13(19)15-3/h4-9,16H,1-3H3,(H2,15,17,18,19)/t8-,9?/m0/s1. The second-order valence-corrected chi connectivity index (χ2v) is 5.15. The molecule has 3 N–H and O–H groups in total. The van der Waals surface area contributed by atoms with Gasteiger partial charge >= 0.3 is 6.03 Å². The van der Waals surface area contributed by atoms with Crippen LogP contribution in [0.3, 0.4) is 0 Å². The number of carbonyl (C=O) groups excluding carboxylic acids is 2. The van der Waals surface area contributed by atoms with E-state index in [4.69, 9.17) is 0 Å². The summed E-state index contributed by atoms with van der Waals surface area (Å²) < 4.78 is 1.01. The van der Waals surface area contributed by atoms with E-state index < -0.39 is 12.1 Å². The van der Waals surface area contributed by atoms with Crippen LogP contribution in [0.15, 0.2) is 28.7 Å². The molecule has 0 aliphatic carbocycles. The summed E-state index contributed by atoms with van der Waals surface area (Å²) in [7, 11) is 1.46. The molecule has 0 saturated carbocycles. The molecule has 0 fully saturated rings. The molecule has 0 radical (unpaired) electrons. The van der Waals surface area contributed by atoms with Crippen LogP contribution in [0.4, 0.5) is 4.79 Å². The van der Waals surface area contributed by atoms with E-state index in [1.54, 1.807) is 6.92 Å². The number of urea groups is 1. The second kappa shape index (κ2) is 7.25. The Kier molecular flexibility index (Phi) is 5.98. The lowest BCUT2D eigenvalue weighted by Gasteiger charge is -2.19. The summed E-state index contributed by atoms with van der Waals surface area (Å²) in [5, 5.41) is 7.71. The van der Waals surface area contributed by atoms with Gasteiger partial charge in [-0.05, 0) is 31.5 Å². The predicted molar refractivity (Wildman–Crippen MR) is 77.8 cm³/mol. The van der Waals surface area contributed by atoms with E-state index in [1.165, 1.54) is 7.05 Å². The van der Waals surface area contributed by atoms with Gasteiger partial charge in [0.1, 0.15) is 0 Å². The van der Waals surface area contributed by atoms with Crippen molar-refractivity contribution in [2.75, 3.05) is 7.05 Å². The molecular weight excluding hydrogens is 310 g/mol. The Morgan fingerprint density at radius 3 is 2.26 bits per heavy atom. The topological polar surface area (TPSA) is 70.2 Å². The molecule has 0 saturated heterocycles. The molecule has 0 heterocycles. The number of amides is 3. The van der Waals surface area contributed by atoms with Crippen LogP contribution in [0.1, 0.15) is 25.5 Å². The van der Waals surface area contributed by atoms with E-state index in [1.807, 2.05) is 31.2 Å².